The van der Waals surface area contributed by atoms with Crippen molar-refractivity contribution in [3.8, 4) is 0 Å². The summed E-state index contributed by atoms with van der Waals surface area (Å²) >= 11 is 1.80. The van der Waals surface area contributed by atoms with E-state index in [0.717, 1.165) is 31.8 Å². The van der Waals surface area contributed by atoms with Gasteiger partial charge in [0.25, 0.3) is 0 Å². The van der Waals surface area contributed by atoms with Crippen molar-refractivity contribution in [1.29, 1.82) is 0 Å². The molecule has 2 aromatic rings. The zero-order valence-corrected chi connectivity index (χ0v) is 15.0. The van der Waals surface area contributed by atoms with Gasteiger partial charge >= 0.3 is 0 Å². The van der Waals surface area contributed by atoms with E-state index < -0.39 is 0 Å². The fraction of sp³-hybridized carbons (Fsp3) is 0.474. The van der Waals surface area contributed by atoms with Crippen molar-refractivity contribution in [3.63, 3.8) is 0 Å². The Morgan fingerprint density at radius 3 is 3.20 bits per heavy atom. The second-order valence-corrected chi connectivity index (χ2v) is 8.17. The number of thiophene rings is 1. The Labute approximate surface area is 152 Å². The van der Waals surface area contributed by atoms with E-state index >= 15 is 0 Å². The molecule has 0 radical (unpaired) electrons. The maximum Gasteiger partial charge on any atom is 0.220 e. The molecular weight excluding hydrogens is 334 g/mol. The third-order valence-electron chi connectivity index (χ3n) is 5.28. The van der Waals surface area contributed by atoms with E-state index in [2.05, 4.69) is 32.7 Å². The predicted molar refractivity (Wildman–Crippen MR) is 97.0 cm³/mol. The third-order valence-corrected chi connectivity index (χ3v) is 6.14. The van der Waals surface area contributed by atoms with Crippen molar-refractivity contribution in [1.82, 2.24) is 15.2 Å². The smallest absolute Gasteiger partial charge is 0.220 e. The van der Waals surface area contributed by atoms with Crippen LogP contribution < -0.4 is 5.32 Å². The number of nitrogens with one attached hydrogen (secondary N) is 1. The highest BCUT2D eigenvalue weighted by molar-refractivity contribution is 7.09. The van der Waals surface area contributed by atoms with Gasteiger partial charge in [-0.2, -0.15) is 0 Å². The summed E-state index contributed by atoms with van der Waals surface area (Å²) in [6, 6.07) is 8.15. The number of hydrogen-bond donors (Lipinski definition) is 1. The van der Waals surface area contributed by atoms with Gasteiger partial charge in [0, 0.05) is 61.2 Å². The van der Waals surface area contributed by atoms with Crippen molar-refractivity contribution in [2.45, 2.75) is 19.5 Å². The fourth-order valence-corrected chi connectivity index (χ4v) is 4.77. The number of ether oxygens (including phenoxy) is 1. The highest BCUT2D eigenvalue weighted by Crippen LogP contribution is 2.44. The molecule has 2 aliphatic rings. The minimum absolute atomic E-state index is 0.0315. The van der Waals surface area contributed by atoms with Crippen LogP contribution in [-0.4, -0.2) is 42.1 Å². The summed E-state index contributed by atoms with van der Waals surface area (Å²) in [7, 11) is 0. The predicted octanol–water partition coefficient (Wildman–Crippen LogP) is 2.30. The first-order valence-electron chi connectivity index (χ1n) is 8.72. The SMILES string of the molecule is O=C(C[C@@]12COC[C@@H]1CN(Cc1cccs1)C2)NCc1cccnc1. The van der Waals surface area contributed by atoms with Crippen LogP contribution in [0.15, 0.2) is 42.0 Å². The molecule has 4 rings (SSSR count). The number of carbonyl (C=O) groups is 1. The van der Waals surface area contributed by atoms with E-state index in [-0.39, 0.29) is 11.3 Å². The molecule has 25 heavy (non-hydrogen) atoms. The van der Waals surface area contributed by atoms with E-state index in [4.69, 9.17) is 4.74 Å². The molecule has 5 nitrogen and oxygen atoms in total. The van der Waals surface area contributed by atoms with Crippen LogP contribution in [0.1, 0.15) is 16.9 Å². The van der Waals surface area contributed by atoms with Crippen molar-refractivity contribution < 1.29 is 9.53 Å². The van der Waals surface area contributed by atoms with Gasteiger partial charge in [-0.05, 0) is 23.1 Å². The molecule has 2 fully saturated rings. The lowest BCUT2D eigenvalue weighted by molar-refractivity contribution is -0.123. The summed E-state index contributed by atoms with van der Waals surface area (Å²) in [5.74, 6) is 0.564. The Morgan fingerprint density at radius 1 is 1.44 bits per heavy atom. The van der Waals surface area contributed by atoms with Gasteiger partial charge in [0.1, 0.15) is 0 Å². The number of hydrogen-bond acceptors (Lipinski definition) is 5. The first-order valence-corrected chi connectivity index (χ1v) is 9.60. The maximum atomic E-state index is 12.5. The van der Waals surface area contributed by atoms with Crippen LogP contribution in [-0.2, 0) is 22.6 Å². The van der Waals surface area contributed by atoms with Gasteiger partial charge in [-0.15, -0.1) is 11.3 Å². The van der Waals surface area contributed by atoms with Crippen LogP contribution in [0.2, 0.25) is 0 Å². The van der Waals surface area contributed by atoms with Crippen molar-refractivity contribution >= 4 is 17.2 Å². The number of fused-ring (bicyclic) bond motifs is 1. The van der Waals surface area contributed by atoms with Crippen LogP contribution >= 0.6 is 11.3 Å². The first kappa shape index (κ1) is 16.7. The number of aromatic nitrogens is 1. The molecule has 2 atom stereocenters. The molecule has 132 valence electrons. The minimum Gasteiger partial charge on any atom is -0.380 e. The molecule has 6 heteroatoms. The van der Waals surface area contributed by atoms with Crippen molar-refractivity contribution in [2.75, 3.05) is 26.3 Å². The van der Waals surface area contributed by atoms with Crippen molar-refractivity contribution in [3.05, 3.63) is 52.5 Å². The largest absolute Gasteiger partial charge is 0.380 e. The van der Waals surface area contributed by atoms with Gasteiger partial charge < -0.3 is 10.1 Å². The number of rotatable bonds is 6. The molecular formula is C19H23N3O2S. The van der Waals surface area contributed by atoms with E-state index in [1.165, 1.54) is 4.88 Å². The molecule has 4 heterocycles. The van der Waals surface area contributed by atoms with Gasteiger partial charge in [-0.25, -0.2) is 0 Å². The number of carbonyl (C=O) groups excluding carboxylic acids is 1. The quantitative estimate of drug-likeness (QED) is 0.862. The lowest BCUT2D eigenvalue weighted by Gasteiger charge is -2.26. The van der Waals surface area contributed by atoms with Gasteiger partial charge in [0.2, 0.25) is 5.91 Å². The fourth-order valence-electron chi connectivity index (χ4n) is 4.02. The van der Waals surface area contributed by atoms with Crippen LogP contribution in [0.5, 0.6) is 0 Å². The number of amides is 1. The average Bonchev–Trinajstić information content (AvgIpc) is 3.31. The molecule has 0 aromatic carbocycles. The van der Waals surface area contributed by atoms with Gasteiger partial charge in [0.05, 0.1) is 13.2 Å². The molecule has 2 saturated heterocycles. The average molecular weight is 357 g/mol. The molecule has 1 amide bonds. The van der Waals surface area contributed by atoms with E-state index in [1.54, 1.807) is 23.7 Å². The van der Waals surface area contributed by atoms with Gasteiger partial charge in [0.15, 0.2) is 0 Å². The summed E-state index contributed by atoms with van der Waals surface area (Å²) in [6.45, 7) is 4.94. The standard InChI is InChI=1S/C19H23N3O2S/c23-18(21-9-15-3-1-5-20-8-15)7-19-13-22(10-16(19)12-24-14-19)11-17-4-2-6-25-17/h1-6,8,16H,7,9-14H2,(H,21,23)/t16-,19+/m0/s1. The lowest BCUT2D eigenvalue weighted by atomic mass is 9.78. The highest BCUT2D eigenvalue weighted by Gasteiger charge is 2.51. The summed E-state index contributed by atoms with van der Waals surface area (Å²) < 4.78 is 5.75. The Kier molecular flexibility index (Phi) is 4.83. The van der Waals surface area contributed by atoms with E-state index in [0.29, 0.717) is 25.5 Å². The van der Waals surface area contributed by atoms with E-state index in [1.807, 2.05) is 12.1 Å². The Balaban J connectivity index is 1.35. The molecule has 0 aliphatic carbocycles. The molecule has 0 spiro atoms. The Morgan fingerprint density at radius 2 is 2.40 bits per heavy atom. The topological polar surface area (TPSA) is 54.5 Å². The lowest BCUT2D eigenvalue weighted by Crippen LogP contribution is -2.37. The normalized spacial score (nSPS) is 25.8. The Bertz CT molecular complexity index is 707. The maximum absolute atomic E-state index is 12.5. The molecule has 2 aliphatic heterocycles. The van der Waals surface area contributed by atoms with E-state index in [9.17, 15) is 4.79 Å². The zero-order valence-electron chi connectivity index (χ0n) is 14.2. The van der Waals surface area contributed by atoms with Crippen LogP contribution in [0.25, 0.3) is 0 Å². The van der Waals surface area contributed by atoms with Gasteiger partial charge in [-0.1, -0.05) is 12.1 Å². The van der Waals surface area contributed by atoms with Gasteiger partial charge in [-0.3, -0.25) is 14.7 Å². The molecule has 0 saturated carbocycles. The zero-order chi connectivity index (χ0) is 17.1. The molecule has 0 bridgehead atoms. The number of likely N-dealkylation sites (tertiary alicyclic amines) is 1. The molecule has 1 N–H and O–H groups in total. The second-order valence-electron chi connectivity index (χ2n) is 7.14. The number of pyridine rings is 1. The minimum atomic E-state index is -0.0315. The van der Waals surface area contributed by atoms with Crippen LogP contribution in [0, 0.1) is 11.3 Å². The third kappa shape index (κ3) is 3.76. The summed E-state index contributed by atoms with van der Waals surface area (Å²) in [6.07, 6.45) is 4.07. The van der Waals surface area contributed by atoms with Crippen molar-refractivity contribution in [2.24, 2.45) is 11.3 Å². The molecule has 0 unspecified atom stereocenters. The highest BCUT2D eigenvalue weighted by atomic mass is 32.1. The number of nitrogens with zero attached hydrogens (tertiary/aromatic N) is 2. The first-order chi connectivity index (χ1) is 12.2. The van der Waals surface area contributed by atoms with Crippen LogP contribution in [0.4, 0.5) is 0 Å². The Hall–Kier alpha value is -1.76. The summed E-state index contributed by atoms with van der Waals surface area (Å²) in [5.41, 5.74) is 0.995. The van der Waals surface area contributed by atoms with Crippen LogP contribution in [0.3, 0.4) is 0 Å². The molecule has 2 aromatic heterocycles. The summed E-state index contributed by atoms with van der Waals surface area (Å²) in [5, 5.41) is 5.16. The summed E-state index contributed by atoms with van der Waals surface area (Å²) in [4.78, 5) is 20.5. The second kappa shape index (κ2) is 7.23. The monoisotopic (exact) mass is 357 g/mol.